The summed E-state index contributed by atoms with van der Waals surface area (Å²) in [5, 5.41) is 11.5. The summed E-state index contributed by atoms with van der Waals surface area (Å²) in [6.07, 6.45) is 0. The zero-order valence-electron chi connectivity index (χ0n) is 15.0. The van der Waals surface area contributed by atoms with Gasteiger partial charge >= 0.3 is 5.97 Å². The number of nitrogens with one attached hydrogen (secondary N) is 1. The Balaban J connectivity index is 1.73. The second kappa shape index (κ2) is 8.76. The fraction of sp³-hybridized carbons (Fsp3) is 0.0455. The van der Waals surface area contributed by atoms with Crippen LogP contribution in [-0.2, 0) is 9.53 Å². The molecule has 3 aromatic rings. The number of rotatable bonds is 5. The highest BCUT2D eigenvalue weighted by atomic mass is 19.1. The molecule has 0 atom stereocenters. The molecule has 7 heteroatoms. The summed E-state index contributed by atoms with van der Waals surface area (Å²) in [4.78, 5) is 24.4. The molecular formula is C22H14F2N2O3. The fourth-order valence-corrected chi connectivity index (χ4v) is 2.70. The smallest absolute Gasteiger partial charge is 0.339 e. The van der Waals surface area contributed by atoms with Crippen molar-refractivity contribution >= 4 is 17.6 Å². The highest BCUT2D eigenvalue weighted by molar-refractivity contribution is 6.00. The maximum Gasteiger partial charge on any atom is 0.339 e. The summed E-state index contributed by atoms with van der Waals surface area (Å²) in [5.41, 5.74) is 1.38. The molecule has 0 aliphatic carbocycles. The molecule has 0 fully saturated rings. The lowest BCUT2D eigenvalue weighted by Gasteiger charge is -2.11. The van der Waals surface area contributed by atoms with Gasteiger partial charge in [-0.2, -0.15) is 5.26 Å². The van der Waals surface area contributed by atoms with Crippen molar-refractivity contribution in [2.75, 3.05) is 11.9 Å². The predicted molar refractivity (Wildman–Crippen MR) is 102 cm³/mol. The summed E-state index contributed by atoms with van der Waals surface area (Å²) in [7, 11) is 0. The molecule has 1 amide bonds. The van der Waals surface area contributed by atoms with E-state index < -0.39 is 30.1 Å². The van der Waals surface area contributed by atoms with E-state index in [1.807, 2.05) is 0 Å². The summed E-state index contributed by atoms with van der Waals surface area (Å²) < 4.78 is 31.5. The first-order valence-electron chi connectivity index (χ1n) is 8.50. The summed E-state index contributed by atoms with van der Waals surface area (Å²) >= 11 is 0. The standard InChI is InChI=1S/C22H14F2N2O3/c23-15-9-10-20(19(24)11-15)26-21(27)13-29-22(28)18-8-4-3-7-17(18)16-6-2-1-5-14(16)12-25/h1-11H,13H2,(H,26,27). The van der Waals surface area contributed by atoms with Gasteiger partial charge < -0.3 is 10.1 Å². The molecule has 144 valence electrons. The minimum atomic E-state index is -0.942. The van der Waals surface area contributed by atoms with E-state index in [0.29, 0.717) is 22.8 Å². The lowest BCUT2D eigenvalue weighted by molar-refractivity contribution is -0.119. The van der Waals surface area contributed by atoms with Gasteiger partial charge in [0, 0.05) is 11.6 Å². The Morgan fingerprint density at radius 1 is 0.966 bits per heavy atom. The third-order valence-electron chi connectivity index (χ3n) is 4.02. The van der Waals surface area contributed by atoms with E-state index in [1.54, 1.807) is 42.5 Å². The first-order valence-corrected chi connectivity index (χ1v) is 8.50. The maximum absolute atomic E-state index is 13.6. The Hall–Kier alpha value is -4.05. The fourth-order valence-electron chi connectivity index (χ4n) is 2.70. The molecule has 0 saturated carbocycles. The van der Waals surface area contributed by atoms with Gasteiger partial charge in [0.1, 0.15) is 11.6 Å². The van der Waals surface area contributed by atoms with Crippen LogP contribution in [0.1, 0.15) is 15.9 Å². The molecule has 3 aromatic carbocycles. The van der Waals surface area contributed by atoms with Crippen LogP contribution in [0.5, 0.6) is 0 Å². The summed E-state index contributed by atoms with van der Waals surface area (Å²) in [5.74, 6) is -3.27. The van der Waals surface area contributed by atoms with Crippen molar-refractivity contribution in [1.82, 2.24) is 0 Å². The molecule has 0 aliphatic rings. The first-order chi connectivity index (χ1) is 14.0. The topological polar surface area (TPSA) is 79.2 Å². The van der Waals surface area contributed by atoms with E-state index >= 15 is 0 Å². The third kappa shape index (κ3) is 4.62. The minimum Gasteiger partial charge on any atom is -0.452 e. The van der Waals surface area contributed by atoms with Gasteiger partial charge in [-0.15, -0.1) is 0 Å². The molecule has 0 radical (unpaired) electrons. The number of carbonyl (C=O) groups is 2. The van der Waals surface area contributed by atoms with E-state index in [9.17, 15) is 23.6 Å². The Bertz CT molecular complexity index is 1120. The molecule has 5 nitrogen and oxygen atoms in total. The van der Waals surface area contributed by atoms with E-state index in [1.165, 1.54) is 6.07 Å². The lowest BCUT2D eigenvalue weighted by Crippen LogP contribution is -2.21. The number of amides is 1. The number of esters is 1. The largest absolute Gasteiger partial charge is 0.452 e. The second-order valence-electron chi connectivity index (χ2n) is 5.95. The van der Waals surface area contributed by atoms with Gasteiger partial charge in [0.15, 0.2) is 6.61 Å². The van der Waals surface area contributed by atoms with Crippen LogP contribution < -0.4 is 5.32 Å². The van der Waals surface area contributed by atoms with Gasteiger partial charge in [-0.1, -0.05) is 36.4 Å². The molecule has 29 heavy (non-hydrogen) atoms. The van der Waals surface area contributed by atoms with E-state index in [2.05, 4.69) is 11.4 Å². The van der Waals surface area contributed by atoms with Crippen molar-refractivity contribution < 1.29 is 23.1 Å². The highest BCUT2D eigenvalue weighted by Gasteiger charge is 2.17. The number of halogens is 2. The molecule has 0 saturated heterocycles. The molecule has 0 aromatic heterocycles. The molecule has 0 aliphatic heterocycles. The zero-order valence-corrected chi connectivity index (χ0v) is 15.0. The first kappa shape index (κ1) is 19.7. The normalized spacial score (nSPS) is 10.1. The predicted octanol–water partition coefficient (Wildman–Crippen LogP) is 4.30. The van der Waals surface area contributed by atoms with Gasteiger partial charge in [-0.3, -0.25) is 4.79 Å². The Morgan fingerprint density at radius 3 is 2.38 bits per heavy atom. The van der Waals surface area contributed by atoms with Crippen molar-refractivity contribution in [3.63, 3.8) is 0 Å². The number of nitrogens with zero attached hydrogens (tertiary/aromatic N) is 1. The number of benzene rings is 3. The van der Waals surface area contributed by atoms with Crippen molar-refractivity contribution in [3.8, 4) is 17.2 Å². The van der Waals surface area contributed by atoms with E-state index in [-0.39, 0.29) is 11.3 Å². The van der Waals surface area contributed by atoms with Crippen molar-refractivity contribution in [2.45, 2.75) is 0 Å². The van der Waals surface area contributed by atoms with Crippen LogP contribution in [0.15, 0.2) is 66.7 Å². The molecular weight excluding hydrogens is 378 g/mol. The SMILES string of the molecule is N#Cc1ccccc1-c1ccccc1C(=O)OCC(=O)Nc1ccc(F)cc1F. The van der Waals surface area contributed by atoms with Gasteiger partial charge in [0.25, 0.3) is 5.91 Å². The number of anilines is 1. The van der Waals surface area contributed by atoms with Gasteiger partial charge in [-0.25, -0.2) is 13.6 Å². The third-order valence-corrected chi connectivity index (χ3v) is 4.02. The van der Waals surface area contributed by atoms with Crippen LogP contribution in [0.25, 0.3) is 11.1 Å². The van der Waals surface area contributed by atoms with Gasteiger partial charge in [0.2, 0.25) is 0 Å². The van der Waals surface area contributed by atoms with Crippen molar-refractivity contribution in [3.05, 3.63) is 89.5 Å². The van der Waals surface area contributed by atoms with Gasteiger partial charge in [0.05, 0.1) is 22.9 Å². The number of carbonyl (C=O) groups excluding carboxylic acids is 2. The number of hydrogen-bond donors (Lipinski definition) is 1. The number of ether oxygens (including phenoxy) is 1. The molecule has 0 bridgehead atoms. The molecule has 1 N–H and O–H groups in total. The maximum atomic E-state index is 13.6. The van der Waals surface area contributed by atoms with Crippen LogP contribution in [0.3, 0.4) is 0 Å². The summed E-state index contributed by atoms with van der Waals surface area (Å²) in [6, 6.07) is 18.1. The Kier molecular flexibility index (Phi) is 5.95. The van der Waals surface area contributed by atoms with Crippen molar-refractivity contribution in [2.24, 2.45) is 0 Å². The molecule has 0 spiro atoms. The number of nitriles is 1. The van der Waals surface area contributed by atoms with E-state index in [0.717, 1.165) is 12.1 Å². The van der Waals surface area contributed by atoms with Crippen LogP contribution in [0.4, 0.5) is 14.5 Å². The minimum absolute atomic E-state index is 0.177. The van der Waals surface area contributed by atoms with Crippen LogP contribution in [-0.4, -0.2) is 18.5 Å². The van der Waals surface area contributed by atoms with Crippen LogP contribution in [0, 0.1) is 23.0 Å². The average molecular weight is 392 g/mol. The quantitative estimate of drug-likeness (QED) is 0.657. The molecule has 3 rings (SSSR count). The molecule has 0 unspecified atom stereocenters. The number of hydrogen-bond acceptors (Lipinski definition) is 4. The van der Waals surface area contributed by atoms with E-state index in [4.69, 9.17) is 4.74 Å². The Morgan fingerprint density at radius 2 is 1.66 bits per heavy atom. The average Bonchev–Trinajstić information content (AvgIpc) is 2.74. The second-order valence-corrected chi connectivity index (χ2v) is 5.95. The van der Waals surface area contributed by atoms with Crippen LogP contribution in [0.2, 0.25) is 0 Å². The van der Waals surface area contributed by atoms with Gasteiger partial charge in [-0.05, 0) is 29.8 Å². The zero-order chi connectivity index (χ0) is 20.8. The monoisotopic (exact) mass is 392 g/mol. The lowest BCUT2D eigenvalue weighted by atomic mass is 9.96. The Labute approximate surface area is 165 Å². The van der Waals surface area contributed by atoms with Crippen LogP contribution >= 0.6 is 0 Å². The highest BCUT2D eigenvalue weighted by Crippen LogP contribution is 2.27. The molecule has 0 heterocycles. The summed E-state index contributed by atoms with van der Waals surface area (Å²) in [6.45, 7) is -0.663. The van der Waals surface area contributed by atoms with Crippen molar-refractivity contribution in [1.29, 1.82) is 5.26 Å².